The van der Waals surface area contributed by atoms with Gasteiger partial charge in [-0.05, 0) is 25.6 Å². The van der Waals surface area contributed by atoms with E-state index in [9.17, 15) is 9.59 Å². The zero-order chi connectivity index (χ0) is 19.6. The fourth-order valence-electron chi connectivity index (χ4n) is 3.09. The molecule has 1 atom stereocenters. The van der Waals surface area contributed by atoms with Crippen molar-refractivity contribution < 1.29 is 19.4 Å². The number of amides is 2. The van der Waals surface area contributed by atoms with Crippen LogP contribution < -0.4 is 10.2 Å². The molecular formula is C19H30N4O4. The Hall–Kier alpha value is -2.32. The number of hydrogen-bond donors (Lipinski definition) is 2. The van der Waals surface area contributed by atoms with E-state index in [1.807, 2.05) is 25.2 Å². The number of carbonyl (C=O) groups excluding carboxylic acids is 1. The van der Waals surface area contributed by atoms with E-state index in [2.05, 4.69) is 22.3 Å². The SMILES string of the molecule is CN(CC(=O)O)CC1CN(C(=O)NCCCN(C)c2ccccc2)CCO1. The third kappa shape index (κ3) is 7.44. The second kappa shape index (κ2) is 10.7. The van der Waals surface area contributed by atoms with Crippen LogP contribution in [0.4, 0.5) is 10.5 Å². The lowest BCUT2D eigenvalue weighted by Gasteiger charge is -2.34. The molecule has 1 heterocycles. The summed E-state index contributed by atoms with van der Waals surface area (Å²) in [6.45, 7) is 3.40. The standard InChI is InChI=1S/C19H30N4O4/c1-21(15-18(24)25)13-17-14-23(11-12-27-17)19(26)20-9-6-10-22(2)16-7-4-3-5-8-16/h3-5,7-8,17H,6,9-15H2,1-2H3,(H,20,26)(H,24,25). The summed E-state index contributed by atoms with van der Waals surface area (Å²) in [5, 5.41) is 11.8. The number of carbonyl (C=O) groups is 2. The van der Waals surface area contributed by atoms with Gasteiger partial charge < -0.3 is 25.0 Å². The summed E-state index contributed by atoms with van der Waals surface area (Å²) < 4.78 is 5.65. The number of nitrogens with zero attached hydrogens (tertiary/aromatic N) is 3. The number of nitrogens with one attached hydrogen (secondary N) is 1. The first kappa shape index (κ1) is 21.0. The summed E-state index contributed by atoms with van der Waals surface area (Å²) in [5.41, 5.74) is 1.16. The predicted molar refractivity (Wildman–Crippen MR) is 104 cm³/mol. The third-order valence-electron chi connectivity index (χ3n) is 4.49. The zero-order valence-corrected chi connectivity index (χ0v) is 16.1. The highest BCUT2D eigenvalue weighted by Gasteiger charge is 2.25. The smallest absolute Gasteiger partial charge is 0.317 e. The van der Waals surface area contributed by atoms with Crippen molar-refractivity contribution in [2.24, 2.45) is 0 Å². The molecule has 27 heavy (non-hydrogen) atoms. The van der Waals surface area contributed by atoms with E-state index in [0.29, 0.717) is 32.8 Å². The minimum atomic E-state index is -0.872. The van der Waals surface area contributed by atoms with E-state index < -0.39 is 5.97 Å². The van der Waals surface area contributed by atoms with Gasteiger partial charge in [0.2, 0.25) is 0 Å². The third-order valence-corrected chi connectivity index (χ3v) is 4.49. The number of hydrogen-bond acceptors (Lipinski definition) is 5. The van der Waals surface area contributed by atoms with Crippen LogP contribution in [0.25, 0.3) is 0 Å². The van der Waals surface area contributed by atoms with Crippen LogP contribution in [0.15, 0.2) is 30.3 Å². The van der Waals surface area contributed by atoms with Gasteiger partial charge in [0.1, 0.15) is 0 Å². The molecule has 0 spiro atoms. The molecule has 150 valence electrons. The minimum Gasteiger partial charge on any atom is -0.480 e. The fourth-order valence-corrected chi connectivity index (χ4v) is 3.09. The number of carboxylic acids is 1. The topological polar surface area (TPSA) is 85.4 Å². The van der Waals surface area contributed by atoms with Gasteiger partial charge in [-0.1, -0.05) is 18.2 Å². The Morgan fingerprint density at radius 2 is 2.04 bits per heavy atom. The summed E-state index contributed by atoms with van der Waals surface area (Å²) in [7, 11) is 3.77. The van der Waals surface area contributed by atoms with Gasteiger partial charge in [-0.15, -0.1) is 0 Å². The normalized spacial score (nSPS) is 17.0. The average molecular weight is 378 g/mol. The number of urea groups is 1. The number of ether oxygens (including phenoxy) is 1. The second-order valence-electron chi connectivity index (χ2n) is 6.87. The lowest BCUT2D eigenvalue weighted by Crippen LogP contribution is -2.52. The van der Waals surface area contributed by atoms with Gasteiger partial charge in [-0.25, -0.2) is 4.79 Å². The molecule has 1 aromatic carbocycles. The van der Waals surface area contributed by atoms with Crippen LogP contribution in [0.5, 0.6) is 0 Å². The van der Waals surface area contributed by atoms with Gasteiger partial charge in [0.25, 0.3) is 0 Å². The van der Waals surface area contributed by atoms with E-state index >= 15 is 0 Å². The molecule has 1 aromatic rings. The maximum Gasteiger partial charge on any atom is 0.317 e. The molecule has 0 aliphatic carbocycles. The van der Waals surface area contributed by atoms with Crippen molar-refractivity contribution >= 4 is 17.7 Å². The molecule has 1 unspecified atom stereocenters. The van der Waals surface area contributed by atoms with Crippen molar-refractivity contribution in [3.63, 3.8) is 0 Å². The van der Waals surface area contributed by atoms with Crippen LogP contribution in [-0.2, 0) is 9.53 Å². The number of anilines is 1. The number of carboxylic acid groups (broad SMARTS) is 1. The predicted octanol–water partition coefficient (Wildman–Crippen LogP) is 0.940. The van der Waals surface area contributed by atoms with Gasteiger partial charge in [0, 0.05) is 45.5 Å². The lowest BCUT2D eigenvalue weighted by atomic mass is 10.2. The molecular weight excluding hydrogens is 348 g/mol. The Morgan fingerprint density at radius 3 is 2.74 bits per heavy atom. The van der Waals surface area contributed by atoms with Gasteiger partial charge in [-0.2, -0.15) is 0 Å². The van der Waals surface area contributed by atoms with Gasteiger partial charge >= 0.3 is 12.0 Å². The molecule has 1 fully saturated rings. The number of morpholine rings is 1. The molecule has 0 radical (unpaired) electrons. The Balaban J connectivity index is 1.67. The first-order valence-electron chi connectivity index (χ1n) is 9.26. The molecule has 8 heteroatoms. The molecule has 1 saturated heterocycles. The minimum absolute atomic E-state index is 0.0407. The lowest BCUT2D eigenvalue weighted by molar-refractivity contribution is -0.138. The second-order valence-corrected chi connectivity index (χ2v) is 6.87. The maximum absolute atomic E-state index is 12.4. The molecule has 2 amide bonds. The fraction of sp³-hybridized carbons (Fsp3) is 0.579. The van der Waals surface area contributed by atoms with Crippen LogP contribution >= 0.6 is 0 Å². The van der Waals surface area contributed by atoms with Crippen LogP contribution in [0.3, 0.4) is 0 Å². The quantitative estimate of drug-likeness (QED) is 0.622. The van der Waals surface area contributed by atoms with E-state index in [1.54, 1.807) is 16.8 Å². The highest BCUT2D eigenvalue weighted by molar-refractivity contribution is 5.74. The van der Waals surface area contributed by atoms with Crippen molar-refractivity contribution in [1.29, 1.82) is 0 Å². The molecule has 0 bridgehead atoms. The number of rotatable bonds is 9. The first-order chi connectivity index (χ1) is 13.0. The van der Waals surface area contributed by atoms with E-state index in [1.165, 1.54) is 0 Å². The maximum atomic E-state index is 12.4. The Morgan fingerprint density at radius 1 is 1.30 bits per heavy atom. The molecule has 1 aliphatic heterocycles. The monoisotopic (exact) mass is 378 g/mol. The van der Waals surface area contributed by atoms with Gasteiger partial charge in [0.05, 0.1) is 19.3 Å². The van der Waals surface area contributed by atoms with Crippen molar-refractivity contribution in [2.75, 3.05) is 64.9 Å². The number of aliphatic carboxylic acids is 1. The highest BCUT2D eigenvalue weighted by Crippen LogP contribution is 2.11. The summed E-state index contributed by atoms with van der Waals surface area (Å²) in [4.78, 5) is 28.7. The largest absolute Gasteiger partial charge is 0.480 e. The Labute approximate surface area is 160 Å². The van der Waals surface area contributed by atoms with Gasteiger partial charge in [0.15, 0.2) is 0 Å². The van der Waals surface area contributed by atoms with Crippen LogP contribution in [0, 0.1) is 0 Å². The Bertz CT molecular complexity index is 599. The number of para-hydroxylation sites is 1. The molecule has 2 rings (SSSR count). The highest BCUT2D eigenvalue weighted by atomic mass is 16.5. The van der Waals surface area contributed by atoms with E-state index in [0.717, 1.165) is 18.7 Å². The molecule has 8 nitrogen and oxygen atoms in total. The summed E-state index contributed by atoms with van der Waals surface area (Å²) in [6, 6.07) is 10.0. The van der Waals surface area contributed by atoms with Gasteiger partial charge in [-0.3, -0.25) is 9.69 Å². The number of benzene rings is 1. The van der Waals surface area contributed by atoms with Crippen molar-refractivity contribution in [3.8, 4) is 0 Å². The molecule has 1 aliphatic rings. The van der Waals surface area contributed by atoms with Crippen LogP contribution in [0.2, 0.25) is 0 Å². The molecule has 2 N–H and O–H groups in total. The molecule has 0 saturated carbocycles. The summed E-state index contributed by atoms with van der Waals surface area (Å²) in [6.07, 6.45) is 0.685. The van der Waals surface area contributed by atoms with E-state index in [-0.39, 0.29) is 18.7 Å². The van der Waals surface area contributed by atoms with E-state index in [4.69, 9.17) is 9.84 Å². The summed E-state index contributed by atoms with van der Waals surface area (Å²) >= 11 is 0. The van der Waals surface area contributed by atoms with Crippen LogP contribution in [0.1, 0.15) is 6.42 Å². The first-order valence-corrected chi connectivity index (χ1v) is 9.26. The van der Waals surface area contributed by atoms with Crippen LogP contribution in [-0.4, -0.2) is 93.0 Å². The summed E-state index contributed by atoms with van der Waals surface area (Å²) in [5.74, 6) is -0.872. The van der Waals surface area contributed by atoms with Crippen molar-refractivity contribution in [3.05, 3.63) is 30.3 Å². The zero-order valence-electron chi connectivity index (χ0n) is 16.1. The van der Waals surface area contributed by atoms with Crippen molar-refractivity contribution in [1.82, 2.24) is 15.1 Å². The Kier molecular flexibility index (Phi) is 8.35. The number of likely N-dealkylation sites (N-methyl/N-ethyl adjacent to an activating group) is 1. The average Bonchev–Trinajstić information content (AvgIpc) is 2.65. The molecule has 0 aromatic heterocycles. The van der Waals surface area contributed by atoms with Crippen molar-refractivity contribution in [2.45, 2.75) is 12.5 Å².